The summed E-state index contributed by atoms with van der Waals surface area (Å²) in [4.78, 5) is 0.160. The summed E-state index contributed by atoms with van der Waals surface area (Å²) in [6, 6.07) is 11.5. The summed E-state index contributed by atoms with van der Waals surface area (Å²) < 4.78 is 38.1. The van der Waals surface area contributed by atoms with Gasteiger partial charge in [-0.2, -0.15) is 4.31 Å². The van der Waals surface area contributed by atoms with Crippen LogP contribution in [0.15, 0.2) is 47.4 Å². The molecule has 0 aromatic heterocycles. The molecule has 0 N–H and O–H groups in total. The molecule has 0 bridgehead atoms. The normalized spacial score (nSPS) is 15.3. The van der Waals surface area contributed by atoms with E-state index in [0.717, 1.165) is 5.56 Å². The minimum absolute atomic E-state index is 0.160. The third-order valence-electron chi connectivity index (χ3n) is 4.09. The highest BCUT2D eigenvalue weighted by atomic mass is 35.5. The first-order valence-corrected chi connectivity index (χ1v) is 9.35. The second-order valence-electron chi connectivity index (χ2n) is 5.52. The van der Waals surface area contributed by atoms with Crippen molar-refractivity contribution >= 4 is 21.6 Å². The maximum Gasteiger partial charge on any atom is 0.243 e. The molecule has 0 fully saturated rings. The Kier molecular flexibility index (Phi) is 4.71. The van der Waals surface area contributed by atoms with Gasteiger partial charge in [-0.1, -0.05) is 29.8 Å². The van der Waals surface area contributed by atoms with E-state index in [2.05, 4.69) is 0 Å². The quantitative estimate of drug-likeness (QED) is 0.830. The number of hydrogen-bond acceptors (Lipinski definition) is 4. The zero-order valence-electron chi connectivity index (χ0n) is 13.4. The topological polar surface area (TPSA) is 55.8 Å². The molecule has 1 unspecified atom stereocenters. The van der Waals surface area contributed by atoms with E-state index in [4.69, 9.17) is 21.1 Å². The van der Waals surface area contributed by atoms with Gasteiger partial charge >= 0.3 is 0 Å². The molecule has 1 atom stereocenters. The molecule has 1 aliphatic heterocycles. The number of halogens is 1. The number of fused-ring (bicyclic) bond motifs is 1. The molecule has 5 nitrogen and oxygen atoms in total. The molecule has 0 radical (unpaired) electrons. The first-order chi connectivity index (χ1) is 11.4. The SMILES string of the molecule is CC(c1ccccc1Cl)N(C)S(=O)(=O)c1ccc2c(c1)OCCO2. The second kappa shape index (κ2) is 6.63. The van der Waals surface area contributed by atoms with Crippen molar-refractivity contribution in [2.24, 2.45) is 0 Å². The summed E-state index contributed by atoms with van der Waals surface area (Å²) in [6.45, 7) is 2.67. The van der Waals surface area contributed by atoms with Crippen LogP contribution in [0.25, 0.3) is 0 Å². The molecule has 0 saturated heterocycles. The number of rotatable bonds is 4. The Bertz CT molecular complexity index is 853. The smallest absolute Gasteiger partial charge is 0.243 e. The fourth-order valence-corrected chi connectivity index (χ4v) is 4.22. The van der Waals surface area contributed by atoms with Gasteiger partial charge in [0, 0.05) is 24.2 Å². The van der Waals surface area contributed by atoms with Gasteiger partial charge in [-0.3, -0.25) is 0 Å². The van der Waals surface area contributed by atoms with Gasteiger partial charge in [0.15, 0.2) is 11.5 Å². The zero-order valence-corrected chi connectivity index (χ0v) is 15.0. The average Bonchev–Trinajstić information content (AvgIpc) is 2.60. The van der Waals surface area contributed by atoms with Gasteiger partial charge in [0.05, 0.1) is 4.90 Å². The van der Waals surface area contributed by atoms with Crippen molar-refractivity contribution in [2.45, 2.75) is 17.9 Å². The van der Waals surface area contributed by atoms with Crippen LogP contribution in [-0.2, 0) is 10.0 Å². The van der Waals surface area contributed by atoms with Crippen LogP contribution in [0.5, 0.6) is 11.5 Å². The van der Waals surface area contributed by atoms with Gasteiger partial charge in [-0.05, 0) is 30.7 Å². The van der Waals surface area contributed by atoms with Crippen molar-refractivity contribution in [3.63, 3.8) is 0 Å². The highest BCUT2D eigenvalue weighted by Crippen LogP contribution is 2.35. The van der Waals surface area contributed by atoms with E-state index < -0.39 is 16.1 Å². The average molecular weight is 368 g/mol. The minimum atomic E-state index is -3.70. The lowest BCUT2D eigenvalue weighted by atomic mass is 10.1. The Morgan fingerprint density at radius 3 is 2.46 bits per heavy atom. The van der Waals surface area contributed by atoms with Crippen molar-refractivity contribution < 1.29 is 17.9 Å². The van der Waals surface area contributed by atoms with Gasteiger partial charge in [-0.25, -0.2) is 8.42 Å². The lowest BCUT2D eigenvalue weighted by molar-refractivity contribution is 0.171. The lowest BCUT2D eigenvalue weighted by Crippen LogP contribution is -2.30. The summed E-state index contributed by atoms with van der Waals surface area (Å²) in [5.74, 6) is 1.00. The van der Waals surface area contributed by atoms with Gasteiger partial charge in [0.2, 0.25) is 10.0 Å². The minimum Gasteiger partial charge on any atom is -0.486 e. The van der Waals surface area contributed by atoms with Gasteiger partial charge in [-0.15, -0.1) is 0 Å². The summed E-state index contributed by atoms with van der Waals surface area (Å²) in [5, 5.41) is 0.536. The Morgan fingerprint density at radius 1 is 1.08 bits per heavy atom. The Balaban J connectivity index is 1.94. The van der Waals surface area contributed by atoms with Crippen LogP contribution in [0.4, 0.5) is 0 Å². The van der Waals surface area contributed by atoms with Crippen LogP contribution in [0.3, 0.4) is 0 Å². The van der Waals surface area contributed by atoms with Crippen LogP contribution in [0.1, 0.15) is 18.5 Å². The third-order valence-corrected chi connectivity index (χ3v) is 6.36. The van der Waals surface area contributed by atoms with Crippen molar-refractivity contribution in [2.75, 3.05) is 20.3 Å². The molecule has 1 heterocycles. The molecule has 0 amide bonds. The van der Waals surface area contributed by atoms with Crippen molar-refractivity contribution in [3.8, 4) is 11.5 Å². The van der Waals surface area contributed by atoms with Crippen molar-refractivity contribution in [1.82, 2.24) is 4.31 Å². The van der Waals surface area contributed by atoms with E-state index in [1.807, 2.05) is 18.2 Å². The Morgan fingerprint density at radius 2 is 1.75 bits per heavy atom. The molecule has 0 saturated carbocycles. The Labute approximate surface area is 146 Å². The van der Waals surface area contributed by atoms with Crippen LogP contribution in [0, 0.1) is 0 Å². The van der Waals surface area contributed by atoms with Crippen LogP contribution in [-0.4, -0.2) is 33.0 Å². The molecule has 1 aliphatic rings. The Hall–Kier alpha value is -1.76. The predicted octanol–water partition coefficient (Wildman–Crippen LogP) is 3.49. The van der Waals surface area contributed by atoms with E-state index in [1.165, 1.54) is 16.4 Å². The molecule has 128 valence electrons. The largest absolute Gasteiger partial charge is 0.486 e. The van der Waals surface area contributed by atoms with E-state index >= 15 is 0 Å². The number of ether oxygens (including phenoxy) is 2. The van der Waals surface area contributed by atoms with Crippen LogP contribution < -0.4 is 9.47 Å². The first kappa shape index (κ1) is 17.1. The van der Waals surface area contributed by atoms with Crippen molar-refractivity contribution in [1.29, 1.82) is 0 Å². The van der Waals surface area contributed by atoms with E-state index in [9.17, 15) is 8.42 Å². The summed E-state index contributed by atoms with van der Waals surface area (Å²) in [7, 11) is -2.16. The summed E-state index contributed by atoms with van der Waals surface area (Å²) in [6.07, 6.45) is 0. The number of hydrogen-bond donors (Lipinski definition) is 0. The lowest BCUT2D eigenvalue weighted by Gasteiger charge is -2.26. The van der Waals surface area contributed by atoms with Gasteiger partial charge < -0.3 is 9.47 Å². The summed E-state index contributed by atoms with van der Waals surface area (Å²) in [5.41, 5.74) is 0.753. The maximum atomic E-state index is 12.9. The molecule has 7 heteroatoms. The maximum absolute atomic E-state index is 12.9. The zero-order chi connectivity index (χ0) is 17.3. The second-order valence-corrected chi connectivity index (χ2v) is 7.93. The van der Waals surface area contributed by atoms with Gasteiger partial charge in [0.25, 0.3) is 0 Å². The predicted molar refractivity (Wildman–Crippen MR) is 92.2 cm³/mol. The molecule has 2 aromatic rings. The molecule has 3 rings (SSSR count). The monoisotopic (exact) mass is 367 g/mol. The fraction of sp³-hybridized carbons (Fsp3) is 0.294. The molecule has 2 aromatic carbocycles. The molecular formula is C17H18ClNO4S. The molecule has 24 heavy (non-hydrogen) atoms. The molecule has 0 spiro atoms. The van der Waals surface area contributed by atoms with E-state index in [-0.39, 0.29) is 4.90 Å². The van der Waals surface area contributed by atoms with Crippen LogP contribution >= 0.6 is 11.6 Å². The van der Waals surface area contributed by atoms with Gasteiger partial charge in [0.1, 0.15) is 13.2 Å². The first-order valence-electron chi connectivity index (χ1n) is 7.53. The number of sulfonamides is 1. The molecule has 0 aliphatic carbocycles. The molecular weight excluding hydrogens is 350 g/mol. The van der Waals surface area contributed by atoms with Crippen molar-refractivity contribution in [3.05, 3.63) is 53.1 Å². The summed E-state index contributed by atoms with van der Waals surface area (Å²) >= 11 is 6.20. The van der Waals surface area contributed by atoms with E-state index in [1.54, 1.807) is 26.1 Å². The van der Waals surface area contributed by atoms with Crippen LogP contribution in [0.2, 0.25) is 5.02 Å². The highest BCUT2D eigenvalue weighted by molar-refractivity contribution is 7.89. The number of benzene rings is 2. The highest BCUT2D eigenvalue weighted by Gasteiger charge is 2.28. The van der Waals surface area contributed by atoms with E-state index in [0.29, 0.717) is 29.7 Å². The standard InChI is InChI=1S/C17H18ClNO4S/c1-12(14-5-3-4-6-15(14)18)19(2)24(20,21)13-7-8-16-17(11-13)23-10-9-22-16/h3-8,11-12H,9-10H2,1-2H3. The third kappa shape index (κ3) is 3.09. The number of nitrogens with zero attached hydrogens (tertiary/aromatic N) is 1. The fourth-order valence-electron chi connectivity index (χ4n) is 2.57.